The van der Waals surface area contributed by atoms with Crippen molar-refractivity contribution in [1.82, 2.24) is 4.90 Å². The smallest absolute Gasteiger partial charge is 0.307 e. The van der Waals surface area contributed by atoms with Crippen LogP contribution in [0.3, 0.4) is 0 Å². The second-order valence-corrected chi connectivity index (χ2v) is 7.02. The van der Waals surface area contributed by atoms with Crippen molar-refractivity contribution < 1.29 is 19.1 Å². The molecule has 4 nitrogen and oxygen atoms in total. The molecule has 2 unspecified atom stereocenters. The highest BCUT2D eigenvalue weighted by Crippen LogP contribution is 2.59. The van der Waals surface area contributed by atoms with Gasteiger partial charge < -0.3 is 10.0 Å². The van der Waals surface area contributed by atoms with Crippen molar-refractivity contribution in [3.05, 3.63) is 35.6 Å². The summed E-state index contributed by atoms with van der Waals surface area (Å²) >= 11 is 0. The van der Waals surface area contributed by atoms with Gasteiger partial charge in [-0.25, -0.2) is 4.39 Å². The highest BCUT2D eigenvalue weighted by Gasteiger charge is 2.59. The third-order valence-corrected chi connectivity index (χ3v) is 5.41. The van der Waals surface area contributed by atoms with Crippen LogP contribution in [-0.4, -0.2) is 35.0 Å². The largest absolute Gasteiger partial charge is 0.481 e. The number of piperidine rings is 1. The van der Waals surface area contributed by atoms with Gasteiger partial charge in [0.15, 0.2) is 0 Å². The maximum atomic E-state index is 13.2. The number of rotatable bonds is 4. The zero-order chi connectivity index (χ0) is 16.6. The van der Waals surface area contributed by atoms with Crippen LogP contribution in [0.4, 0.5) is 4.39 Å². The Hall–Kier alpha value is -1.91. The highest BCUT2D eigenvalue weighted by molar-refractivity contribution is 5.79. The minimum absolute atomic E-state index is 0.0611. The average Bonchev–Trinajstić information content (AvgIpc) is 3.21. The maximum absolute atomic E-state index is 13.2. The number of nitrogens with zero attached hydrogens (tertiary/aromatic N) is 1. The quantitative estimate of drug-likeness (QED) is 0.928. The first-order valence-electron chi connectivity index (χ1n) is 8.17. The van der Waals surface area contributed by atoms with E-state index < -0.39 is 5.97 Å². The summed E-state index contributed by atoms with van der Waals surface area (Å²) in [5.41, 5.74) is 0.765. The first-order chi connectivity index (χ1) is 10.9. The molecular formula is C18H22FNO3. The molecule has 3 rings (SSSR count). The molecule has 1 N–H and O–H groups in total. The Balaban J connectivity index is 1.54. The summed E-state index contributed by atoms with van der Waals surface area (Å²) in [5.74, 6) is -1.32. The van der Waals surface area contributed by atoms with Crippen LogP contribution in [0.5, 0.6) is 0 Å². The lowest BCUT2D eigenvalue weighted by molar-refractivity contribution is -0.140. The molecule has 1 aliphatic carbocycles. The van der Waals surface area contributed by atoms with Crippen molar-refractivity contribution in [3.63, 3.8) is 0 Å². The molecule has 0 bridgehead atoms. The van der Waals surface area contributed by atoms with E-state index in [0.717, 1.165) is 24.8 Å². The minimum atomic E-state index is -0.704. The number of carbonyl (C=O) groups is 2. The Bertz CT molecular complexity index is 622. The molecule has 1 aliphatic heterocycles. The summed E-state index contributed by atoms with van der Waals surface area (Å²) in [6, 6.07) is 6.36. The standard InChI is InChI=1S/C18H22FNO3/c1-12(9-13-3-2-4-14(19)10-13)16(21)20-7-5-18(6-8-20)11-15(18)17(22)23/h2-4,10,12,15H,5-9,11H2,1H3,(H,22,23). The Kier molecular flexibility index (Phi) is 4.13. The zero-order valence-corrected chi connectivity index (χ0v) is 13.3. The van der Waals surface area contributed by atoms with E-state index in [4.69, 9.17) is 5.11 Å². The van der Waals surface area contributed by atoms with Gasteiger partial charge >= 0.3 is 5.97 Å². The van der Waals surface area contributed by atoms with Gasteiger partial charge in [-0.2, -0.15) is 0 Å². The minimum Gasteiger partial charge on any atom is -0.481 e. The molecule has 1 aromatic rings. The van der Waals surface area contributed by atoms with Gasteiger partial charge in [-0.15, -0.1) is 0 Å². The van der Waals surface area contributed by atoms with E-state index in [0.29, 0.717) is 19.5 Å². The topological polar surface area (TPSA) is 57.6 Å². The van der Waals surface area contributed by atoms with Gasteiger partial charge in [-0.1, -0.05) is 19.1 Å². The van der Waals surface area contributed by atoms with E-state index in [2.05, 4.69) is 0 Å². The second kappa shape index (κ2) is 5.95. The molecule has 2 atom stereocenters. The second-order valence-electron chi connectivity index (χ2n) is 7.02. The summed E-state index contributed by atoms with van der Waals surface area (Å²) in [7, 11) is 0. The molecular weight excluding hydrogens is 297 g/mol. The summed E-state index contributed by atoms with van der Waals surface area (Å²) in [4.78, 5) is 25.5. The van der Waals surface area contributed by atoms with Crippen molar-refractivity contribution >= 4 is 11.9 Å². The monoisotopic (exact) mass is 319 g/mol. The predicted molar refractivity (Wildman–Crippen MR) is 83.3 cm³/mol. The van der Waals surface area contributed by atoms with Crippen LogP contribution < -0.4 is 0 Å². The average molecular weight is 319 g/mol. The van der Waals surface area contributed by atoms with E-state index in [9.17, 15) is 14.0 Å². The van der Waals surface area contributed by atoms with E-state index >= 15 is 0 Å². The Labute approximate surface area is 135 Å². The van der Waals surface area contributed by atoms with E-state index in [1.807, 2.05) is 17.9 Å². The van der Waals surface area contributed by atoms with Gasteiger partial charge in [0.05, 0.1) is 5.92 Å². The number of hydrogen-bond acceptors (Lipinski definition) is 2. The van der Waals surface area contributed by atoms with Gasteiger partial charge in [0, 0.05) is 19.0 Å². The van der Waals surface area contributed by atoms with E-state index in [1.54, 1.807) is 6.07 Å². The lowest BCUT2D eigenvalue weighted by Crippen LogP contribution is -2.42. The number of aliphatic carboxylic acids is 1. The molecule has 1 saturated heterocycles. The van der Waals surface area contributed by atoms with Gasteiger partial charge in [0.2, 0.25) is 5.91 Å². The summed E-state index contributed by atoms with van der Waals surface area (Å²) in [5, 5.41) is 9.11. The van der Waals surface area contributed by atoms with E-state index in [1.165, 1.54) is 12.1 Å². The number of benzene rings is 1. The number of likely N-dealkylation sites (tertiary alicyclic amines) is 1. The van der Waals surface area contributed by atoms with Crippen LogP contribution in [0.1, 0.15) is 31.7 Å². The molecule has 1 spiro atoms. The van der Waals surface area contributed by atoms with Gasteiger partial charge in [0.1, 0.15) is 5.82 Å². The van der Waals surface area contributed by atoms with Crippen molar-refractivity contribution in [1.29, 1.82) is 0 Å². The first kappa shape index (κ1) is 16.0. The first-order valence-corrected chi connectivity index (χ1v) is 8.17. The van der Waals surface area contributed by atoms with Crippen molar-refractivity contribution in [2.75, 3.05) is 13.1 Å². The molecule has 1 saturated carbocycles. The third kappa shape index (κ3) is 3.23. The summed E-state index contributed by atoms with van der Waals surface area (Å²) in [6.07, 6.45) is 2.84. The molecule has 23 heavy (non-hydrogen) atoms. The lowest BCUT2D eigenvalue weighted by Gasteiger charge is -2.34. The number of hydrogen-bond donors (Lipinski definition) is 1. The van der Waals surface area contributed by atoms with Crippen LogP contribution in [0, 0.1) is 23.1 Å². The number of carboxylic acid groups (broad SMARTS) is 1. The molecule has 1 aromatic carbocycles. The zero-order valence-electron chi connectivity index (χ0n) is 13.3. The lowest BCUT2D eigenvalue weighted by atomic mass is 9.89. The fourth-order valence-electron chi connectivity index (χ4n) is 3.84. The fourth-order valence-corrected chi connectivity index (χ4v) is 3.84. The molecule has 0 radical (unpaired) electrons. The number of carbonyl (C=O) groups excluding carboxylic acids is 1. The van der Waals surface area contributed by atoms with E-state index in [-0.39, 0.29) is 29.0 Å². The molecule has 0 aromatic heterocycles. The highest BCUT2D eigenvalue weighted by atomic mass is 19.1. The summed E-state index contributed by atoms with van der Waals surface area (Å²) < 4.78 is 13.2. The van der Waals surface area contributed by atoms with Crippen LogP contribution in [0.25, 0.3) is 0 Å². The number of halogens is 1. The molecule has 2 fully saturated rings. The van der Waals surface area contributed by atoms with Crippen LogP contribution in [0.2, 0.25) is 0 Å². The van der Waals surface area contributed by atoms with Gasteiger partial charge in [0.25, 0.3) is 0 Å². The van der Waals surface area contributed by atoms with Crippen LogP contribution >= 0.6 is 0 Å². The molecule has 5 heteroatoms. The molecule has 2 aliphatic rings. The van der Waals surface area contributed by atoms with Crippen LogP contribution in [0.15, 0.2) is 24.3 Å². The summed E-state index contributed by atoms with van der Waals surface area (Å²) in [6.45, 7) is 3.14. The van der Waals surface area contributed by atoms with Gasteiger partial charge in [-0.3, -0.25) is 9.59 Å². The Morgan fingerprint density at radius 1 is 1.39 bits per heavy atom. The number of amides is 1. The Morgan fingerprint density at radius 3 is 2.65 bits per heavy atom. The van der Waals surface area contributed by atoms with Crippen LogP contribution in [-0.2, 0) is 16.0 Å². The fraction of sp³-hybridized carbons (Fsp3) is 0.556. The van der Waals surface area contributed by atoms with Crippen molar-refractivity contribution in [2.24, 2.45) is 17.3 Å². The van der Waals surface area contributed by atoms with Crippen molar-refractivity contribution in [3.8, 4) is 0 Å². The molecule has 1 amide bonds. The normalized spacial score (nSPS) is 23.6. The molecule has 1 heterocycles. The van der Waals surface area contributed by atoms with Crippen molar-refractivity contribution in [2.45, 2.75) is 32.6 Å². The number of carboxylic acids is 1. The Morgan fingerprint density at radius 2 is 2.09 bits per heavy atom. The van der Waals surface area contributed by atoms with Gasteiger partial charge in [-0.05, 0) is 48.8 Å². The predicted octanol–water partition coefficient (Wildman–Crippen LogP) is 2.72. The third-order valence-electron chi connectivity index (χ3n) is 5.41. The molecule has 124 valence electrons. The maximum Gasteiger partial charge on any atom is 0.307 e. The SMILES string of the molecule is CC(Cc1cccc(F)c1)C(=O)N1CCC2(CC1)CC2C(=O)O.